The Bertz CT molecular complexity index is 1140. The molecule has 1 aliphatic carbocycles. The summed E-state index contributed by atoms with van der Waals surface area (Å²) < 4.78 is 5.97. The van der Waals surface area contributed by atoms with Gasteiger partial charge in [0.15, 0.2) is 5.69 Å². The molecule has 158 valence electrons. The molecule has 2 aliphatic rings. The lowest BCUT2D eigenvalue weighted by Gasteiger charge is -2.29. The van der Waals surface area contributed by atoms with Crippen LogP contribution in [0.15, 0.2) is 52.9 Å². The number of carbonyl (C=O) groups is 2. The number of hydrogen-bond donors (Lipinski definition) is 2. The van der Waals surface area contributed by atoms with Crippen molar-refractivity contribution in [3.63, 3.8) is 0 Å². The predicted octanol–water partition coefficient (Wildman–Crippen LogP) is 4.06. The van der Waals surface area contributed by atoms with E-state index in [1.54, 1.807) is 12.1 Å². The van der Waals surface area contributed by atoms with Crippen LogP contribution in [-0.4, -0.2) is 36.4 Å². The van der Waals surface area contributed by atoms with Crippen molar-refractivity contribution in [1.29, 1.82) is 0 Å². The van der Waals surface area contributed by atoms with E-state index in [9.17, 15) is 9.59 Å². The lowest BCUT2D eigenvalue weighted by molar-refractivity contribution is -0.120. The first-order valence-electron chi connectivity index (χ1n) is 10.3. The lowest BCUT2D eigenvalue weighted by atomic mass is 10.2. The van der Waals surface area contributed by atoms with E-state index in [2.05, 4.69) is 15.6 Å². The SMILES string of the molecule is O=C1CN(c2ccc(NC(=O)c3nc(-c4ccccc4)oc3C3CC3)cc2Cl)CCN1. The summed E-state index contributed by atoms with van der Waals surface area (Å²) in [6.45, 7) is 1.52. The molecule has 2 fully saturated rings. The molecule has 2 amide bonds. The number of hydrogen-bond acceptors (Lipinski definition) is 5. The van der Waals surface area contributed by atoms with Gasteiger partial charge >= 0.3 is 0 Å². The number of nitrogens with one attached hydrogen (secondary N) is 2. The Morgan fingerprint density at radius 1 is 1.19 bits per heavy atom. The Morgan fingerprint density at radius 3 is 2.71 bits per heavy atom. The third kappa shape index (κ3) is 4.14. The van der Waals surface area contributed by atoms with Gasteiger partial charge in [-0.05, 0) is 43.2 Å². The third-order valence-corrected chi connectivity index (χ3v) is 5.72. The van der Waals surface area contributed by atoms with Gasteiger partial charge in [-0.2, -0.15) is 0 Å². The van der Waals surface area contributed by atoms with Gasteiger partial charge in [0, 0.05) is 30.3 Å². The van der Waals surface area contributed by atoms with E-state index in [0.29, 0.717) is 41.1 Å². The summed E-state index contributed by atoms with van der Waals surface area (Å²) in [7, 11) is 0. The monoisotopic (exact) mass is 436 g/mol. The summed E-state index contributed by atoms with van der Waals surface area (Å²) in [5, 5.41) is 6.15. The molecule has 3 aromatic rings. The summed E-state index contributed by atoms with van der Waals surface area (Å²) in [5.41, 5.74) is 2.47. The normalized spacial score (nSPS) is 16.2. The van der Waals surface area contributed by atoms with Crippen molar-refractivity contribution in [3.05, 3.63) is 65.0 Å². The fourth-order valence-corrected chi connectivity index (χ4v) is 4.00. The van der Waals surface area contributed by atoms with E-state index in [1.165, 1.54) is 0 Å². The van der Waals surface area contributed by atoms with Crippen LogP contribution in [0.5, 0.6) is 0 Å². The van der Waals surface area contributed by atoms with Crippen molar-refractivity contribution < 1.29 is 14.0 Å². The van der Waals surface area contributed by atoms with Gasteiger partial charge in [-0.25, -0.2) is 4.98 Å². The van der Waals surface area contributed by atoms with Gasteiger partial charge < -0.3 is 20.0 Å². The molecule has 0 radical (unpaired) electrons. The molecule has 5 rings (SSSR count). The second kappa shape index (κ2) is 8.07. The molecule has 0 bridgehead atoms. The molecule has 1 saturated carbocycles. The molecule has 8 heteroatoms. The fourth-order valence-electron chi connectivity index (χ4n) is 3.70. The van der Waals surface area contributed by atoms with Crippen LogP contribution in [-0.2, 0) is 4.79 Å². The highest BCUT2D eigenvalue weighted by molar-refractivity contribution is 6.33. The molecule has 2 heterocycles. The van der Waals surface area contributed by atoms with E-state index < -0.39 is 0 Å². The summed E-state index contributed by atoms with van der Waals surface area (Å²) in [5.74, 6) is 0.964. The maximum atomic E-state index is 13.0. The van der Waals surface area contributed by atoms with Crippen LogP contribution in [0.2, 0.25) is 5.02 Å². The fraction of sp³-hybridized carbons (Fsp3) is 0.261. The maximum Gasteiger partial charge on any atom is 0.277 e. The smallest absolute Gasteiger partial charge is 0.277 e. The molecule has 2 N–H and O–H groups in total. The quantitative estimate of drug-likeness (QED) is 0.629. The second-order valence-corrected chi connectivity index (χ2v) is 8.17. The van der Waals surface area contributed by atoms with Crippen molar-refractivity contribution in [3.8, 4) is 11.5 Å². The van der Waals surface area contributed by atoms with E-state index in [-0.39, 0.29) is 24.3 Å². The Kier molecular flexibility index (Phi) is 5.11. The largest absolute Gasteiger partial charge is 0.440 e. The van der Waals surface area contributed by atoms with Crippen LogP contribution < -0.4 is 15.5 Å². The van der Waals surface area contributed by atoms with Crippen molar-refractivity contribution in [2.45, 2.75) is 18.8 Å². The van der Waals surface area contributed by atoms with Crippen molar-refractivity contribution in [2.24, 2.45) is 0 Å². The van der Waals surface area contributed by atoms with Crippen molar-refractivity contribution in [2.75, 3.05) is 29.9 Å². The third-order valence-electron chi connectivity index (χ3n) is 5.42. The average Bonchev–Trinajstić information content (AvgIpc) is 3.52. The average molecular weight is 437 g/mol. The van der Waals surface area contributed by atoms with Crippen LogP contribution in [0.25, 0.3) is 11.5 Å². The van der Waals surface area contributed by atoms with Crippen LogP contribution in [0.4, 0.5) is 11.4 Å². The zero-order chi connectivity index (χ0) is 21.4. The van der Waals surface area contributed by atoms with Gasteiger partial charge in [-0.3, -0.25) is 9.59 Å². The number of piperazine rings is 1. The summed E-state index contributed by atoms with van der Waals surface area (Å²) in [6.07, 6.45) is 1.99. The molecule has 0 spiro atoms. The van der Waals surface area contributed by atoms with Crippen molar-refractivity contribution in [1.82, 2.24) is 10.3 Å². The zero-order valence-electron chi connectivity index (χ0n) is 16.7. The summed E-state index contributed by atoms with van der Waals surface area (Å²) in [6, 6.07) is 14.8. The van der Waals surface area contributed by atoms with Gasteiger partial charge in [0.25, 0.3) is 5.91 Å². The van der Waals surface area contributed by atoms with E-state index in [0.717, 1.165) is 24.1 Å². The molecule has 31 heavy (non-hydrogen) atoms. The first-order valence-corrected chi connectivity index (χ1v) is 10.6. The summed E-state index contributed by atoms with van der Waals surface area (Å²) in [4.78, 5) is 31.1. The number of anilines is 2. The molecular formula is C23H21ClN4O3. The minimum atomic E-state index is -0.325. The van der Waals surface area contributed by atoms with E-state index in [1.807, 2.05) is 41.3 Å². The number of benzene rings is 2. The molecule has 1 aromatic heterocycles. The second-order valence-electron chi connectivity index (χ2n) is 7.76. The van der Waals surface area contributed by atoms with Crippen LogP contribution in [0.1, 0.15) is 35.0 Å². The number of halogens is 1. The number of nitrogens with zero attached hydrogens (tertiary/aromatic N) is 2. The highest BCUT2D eigenvalue weighted by atomic mass is 35.5. The highest BCUT2D eigenvalue weighted by Crippen LogP contribution is 2.43. The highest BCUT2D eigenvalue weighted by Gasteiger charge is 2.34. The molecule has 0 atom stereocenters. The summed E-state index contributed by atoms with van der Waals surface area (Å²) >= 11 is 6.46. The maximum absolute atomic E-state index is 13.0. The molecular weight excluding hydrogens is 416 g/mol. The number of amides is 2. The molecule has 1 saturated heterocycles. The Balaban J connectivity index is 1.37. The predicted molar refractivity (Wildman–Crippen MR) is 119 cm³/mol. The van der Waals surface area contributed by atoms with Crippen LogP contribution in [0, 0.1) is 0 Å². The topological polar surface area (TPSA) is 87.5 Å². The Labute approximate surface area is 184 Å². The van der Waals surface area contributed by atoms with Gasteiger partial charge in [-0.1, -0.05) is 29.8 Å². The van der Waals surface area contributed by atoms with Crippen molar-refractivity contribution >= 4 is 34.8 Å². The lowest BCUT2D eigenvalue weighted by Crippen LogP contribution is -2.47. The molecule has 2 aromatic carbocycles. The molecule has 7 nitrogen and oxygen atoms in total. The first-order chi connectivity index (χ1) is 15.1. The van der Waals surface area contributed by atoms with E-state index >= 15 is 0 Å². The Hall–Kier alpha value is -3.32. The number of rotatable bonds is 5. The van der Waals surface area contributed by atoms with Gasteiger partial charge in [0.2, 0.25) is 11.8 Å². The number of aromatic nitrogens is 1. The van der Waals surface area contributed by atoms with Gasteiger partial charge in [0.1, 0.15) is 5.76 Å². The number of oxazole rings is 1. The zero-order valence-corrected chi connectivity index (χ0v) is 17.5. The van der Waals surface area contributed by atoms with Gasteiger partial charge in [-0.15, -0.1) is 0 Å². The first kappa shape index (κ1) is 19.6. The molecule has 1 aliphatic heterocycles. The van der Waals surface area contributed by atoms with E-state index in [4.69, 9.17) is 16.0 Å². The van der Waals surface area contributed by atoms with Crippen LogP contribution >= 0.6 is 11.6 Å². The minimum absolute atomic E-state index is 0.0347. The minimum Gasteiger partial charge on any atom is -0.440 e. The molecule has 0 unspecified atom stereocenters. The number of carbonyl (C=O) groups excluding carboxylic acids is 2. The van der Waals surface area contributed by atoms with Gasteiger partial charge in [0.05, 0.1) is 17.3 Å². The Morgan fingerprint density at radius 2 is 2.00 bits per heavy atom. The van der Waals surface area contributed by atoms with Crippen LogP contribution in [0.3, 0.4) is 0 Å². The standard InChI is InChI=1S/C23H21ClN4O3/c24-17-12-16(8-9-18(17)28-11-10-25-19(29)13-28)26-22(30)20-21(14-6-7-14)31-23(27-20)15-4-2-1-3-5-15/h1-5,8-9,12,14H,6-7,10-11,13H2,(H,25,29)(H,26,30).